The summed E-state index contributed by atoms with van der Waals surface area (Å²) in [6.07, 6.45) is 0.919. The number of nitrogens with zero attached hydrogens (tertiary/aromatic N) is 2. The first-order chi connectivity index (χ1) is 12.3. The molecule has 142 valence electrons. The number of carbonyl (C=O) groups is 1. The number of sulfonamides is 1. The molecule has 0 saturated heterocycles. The number of nitrogens with one attached hydrogen (secondary N) is 3. The molecule has 0 radical (unpaired) electrons. The van der Waals surface area contributed by atoms with Gasteiger partial charge in [-0.1, -0.05) is 19.1 Å². The number of hydrogen-bond donors (Lipinski definition) is 3. The summed E-state index contributed by atoms with van der Waals surface area (Å²) in [4.78, 5) is 12.1. The van der Waals surface area contributed by atoms with Crippen molar-refractivity contribution in [3.05, 3.63) is 41.2 Å². The Labute approximate surface area is 154 Å². The van der Waals surface area contributed by atoms with Crippen LogP contribution in [0.15, 0.2) is 29.2 Å². The lowest BCUT2D eigenvalue weighted by molar-refractivity contribution is 0.251. The van der Waals surface area contributed by atoms with Crippen LogP contribution in [0.4, 0.5) is 10.5 Å². The molecule has 0 aliphatic heterocycles. The minimum absolute atomic E-state index is 0.0174. The van der Waals surface area contributed by atoms with Gasteiger partial charge in [-0.15, -0.1) is 0 Å². The largest absolute Gasteiger partial charge is 0.336 e. The van der Waals surface area contributed by atoms with Crippen LogP contribution in [0.3, 0.4) is 0 Å². The third-order valence-corrected chi connectivity index (χ3v) is 5.66. The molecule has 2 amide bonds. The third kappa shape index (κ3) is 4.41. The molecule has 1 heterocycles. The van der Waals surface area contributed by atoms with Crippen LogP contribution < -0.4 is 15.4 Å². The molecule has 0 fully saturated rings. The second-order valence-corrected chi connectivity index (χ2v) is 7.67. The maximum absolute atomic E-state index is 12.1. The van der Waals surface area contributed by atoms with Crippen molar-refractivity contribution in [3.63, 3.8) is 0 Å². The van der Waals surface area contributed by atoms with E-state index in [4.69, 9.17) is 0 Å². The number of anilines is 1. The average Bonchev–Trinajstić information content (AvgIpc) is 2.88. The summed E-state index contributed by atoms with van der Waals surface area (Å²) in [6.45, 7) is 6.98. The Kier molecular flexibility index (Phi) is 6.38. The molecule has 1 aromatic heterocycles. The van der Waals surface area contributed by atoms with Crippen molar-refractivity contribution in [3.8, 4) is 0 Å². The van der Waals surface area contributed by atoms with Crippen LogP contribution in [-0.2, 0) is 23.0 Å². The van der Waals surface area contributed by atoms with Gasteiger partial charge in [-0.05, 0) is 45.0 Å². The fourth-order valence-electron chi connectivity index (χ4n) is 2.82. The number of carbonyl (C=O) groups excluding carboxylic acids is 1. The maximum atomic E-state index is 12.1. The van der Waals surface area contributed by atoms with Gasteiger partial charge in [0.1, 0.15) is 4.90 Å². The molecule has 0 bridgehead atoms. The van der Waals surface area contributed by atoms with E-state index >= 15 is 0 Å². The van der Waals surface area contributed by atoms with E-state index in [1.165, 1.54) is 18.7 Å². The Bertz CT molecular complexity index is 890. The average molecular weight is 379 g/mol. The molecule has 1 aromatic carbocycles. The Hall–Kier alpha value is -2.39. The number of para-hydroxylation sites is 1. The molecule has 0 aliphatic rings. The smallest absolute Gasteiger partial charge is 0.319 e. The summed E-state index contributed by atoms with van der Waals surface area (Å²) in [5, 5.41) is 9.78. The molecule has 3 N–H and O–H groups in total. The van der Waals surface area contributed by atoms with Gasteiger partial charge in [0.05, 0.1) is 17.9 Å². The predicted octanol–water partition coefficient (Wildman–Crippen LogP) is 1.79. The lowest BCUT2D eigenvalue weighted by atomic mass is 10.1. The number of rotatable bonds is 7. The molecule has 0 atom stereocenters. The summed E-state index contributed by atoms with van der Waals surface area (Å²) in [5.41, 5.74) is 3.54. The van der Waals surface area contributed by atoms with Crippen molar-refractivity contribution in [2.24, 2.45) is 0 Å². The van der Waals surface area contributed by atoms with E-state index in [0.29, 0.717) is 13.1 Å². The zero-order valence-electron chi connectivity index (χ0n) is 15.5. The molecule has 0 spiro atoms. The molecule has 2 rings (SSSR count). The highest BCUT2D eigenvalue weighted by Gasteiger charge is 2.17. The highest BCUT2D eigenvalue weighted by atomic mass is 32.2. The fraction of sp³-hybridized carbons (Fsp3) is 0.412. The quantitative estimate of drug-likeness (QED) is 0.682. The van der Waals surface area contributed by atoms with Crippen LogP contribution >= 0.6 is 0 Å². The first-order valence-electron chi connectivity index (χ1n) is 8.40. The Morgan fingerprint density at radius 1 is 1.23 bits per heavy atom. The van der Waals surface area contributed by atoms with Crippen LogP contribution in [0, 0.1) is 13.8 Å². The van der Waals surface area contributed by atoms with Crippen molar-refractivity contribution in [1.82, 2.24) is 19.8 Å². The zero-order valence-corrected chi connectivity index (χ0v) is 16.3. The topological polar surface area (TPSA) is 105 Å². The molecule has 0 unspecified atom stereocenters. The zero-order chi connectivity index (χ0) is 19.3. The first kappa shape index (κ1) is 19.9. The molecule has 2 aromatic rings. The van der Waals surface area contributed by atoms with E-state index < -0.39 is 16.1 Å². The van der Waals surface area contributed by atoms with Crippen molar-refractivity contribution in [1.29, 1.82) is 0 Å². The molecule has 9 heteroatoms. The minimum atomic E-state index is -3.66. The lowest BCUT2D eigenvalue weighted by Crippen LogP contribution is -2.32. The summed E-state index contributed by atoms with van der Waals surface area (Å²) in [7, 11) is -2.33. The van der Waals surface area contributed by atoms with Crippen molar-refractivity contribution in [2.45, 2.75) is 38.6 Å². The summed E-state index contributed by atoms with van der Waals surface area (Å²) >= 11 is 0. The van der Waals surface area contributed by atoms with Gasteiger partial charge in [-0.2, -0.15) is 5.10 Å². The number of aromatic nitrogens is 2. The number of hydrogen-bond acceptors (Lipinski definition) is 4. The van der Waals surface area contributed by atoms with E-state index in [1.807, 2.05) is 18.5 Å². The standard InChI is InChI=1S/C17H25N5O3S/c1-5-14-12(2)21-22(13(14)3)11-10-19-17(23)20-15-8-6-7-9-16(15)26(24,25)18-4/h6-9,18H,5,10-11H2,1-4H3,(H2,19,20,23). The van der Waals surface area contributed by atoms with Crippen molar-refractivity contribution >= 4 is 21.7 Å². The van der Waals surface area contributed by atoms with Gasteiger partial charge in [0, 0.05) is 12.2 Å². The second-order valence-electron chi connectivity index (χ2n) is 5.81. The van der Waals surface area contributed by atoms with E-state index in [2.05, 4.69) is 27.4 Å². The summed E-state index contributed by atoms with van der Waals surface area (Å²) < 4.78 is 28.1. The molecule has 0 saturated carbocycles. The van der Waals surface area contributed by atoms with Gasteiger partial charge < -0.3 is 10.6 Å². The SMILES string of the molecule is CCc1c(C)nn(CCNC(=O)Nc2ccccc2S(=O)(=O)NC)c1C. The van der Waals surface area contributed by atoms with Gasteiger partial charge in [0.15, 0.2) is 0 Å². The van der Waals surface area contributed by atoms with Gasteiger partial charge in [-0.25, -0.2) is 17.9 Å². The Morgan fingerprint density at radius 3 is 2.54 bits per heavy atom. The normalized spacial score (nSPS) is 11.4. The van der Waals surface area contributed by atoms with Crippen LogP contribution in [0.5, 0.6) is 0 Å². The van der Waals surface area contributed by atoms with E-state index in [0.717, 1.165) is 17.8 Å². The minimum Gasteiger partial charge on any atom is -0.336 e. The molecule has 0 aliphatic carbocycles. The van der Waals surface area contributed by atoms with Gasteiger partial charge in [0.25, 0.3) is 0 Å². The highest BCUT2D eigenvalue weighted by molar-refractivity contribution is 7.89. The number of urea groups is 1. The van der Waals surface area contributed by atoms with Crippen molar-refractivity contribution in [2.75, 3.05) is 18.9 Å². The monoisotopic (exact) mass is 379 g/mol. The van der Waals surface area contributed by atoms with Gasteiger partial charge in [0.2, 0.25) is 10.0 Å². The number of aryl methyl sites for hydroxylation is 1. The molecular formula is C17H25N5O3S. The maximum Gasteiger partial charge on any atom is 0.319 e. The van der Waals surface area contributed by atoms with Crippen molar-refractivity contribution < 1.29 is 13.2 Å². The van der Waals surface area contributed by atoms with Gasteiger partial charge in [-0.3, -0.25) is 4.68 Å². The molecular weight excluding hydrogens is 354 g/mol. The highest BCUT2D eigenvalue weighted by Crippen LogP contribution is 2.20. The van der Waals surface area contributed by atoms with E-state index in [-0.39, 0.29) is 10.6 Å². The van der Waals surface area contributed by atoms with Crippen LogP contribution in [-0.4, -0.2) is 37.8 Å². The van der Waals surface area contributed by atoms with Crippen LogP contribution in [0.1, 0.15) is 23.9 Å². The van der Waals surface area contributed by atoms with E-state index in [1.54, 1.807) is 18.2 Å². The predicted molar refractivity (Wildman–Crippen MR) is 101 cm³/mol. The fourth-order valence-corrected chi connectivity index (χ4v) is 3.71. The Morgan fingerprint density at radius 2 is 1.92 bits per heavy atom. The number of amides is 2. The second kappa shape index (κ2) is 8.33. The first-order valence-corrected chi connectivity index (χ1v) is 9.88. The summed E-state index contributed by atoms with van der Waals surface area (Å²) in [5.74, 6) is 0. The van der Waals surface area contributed by atoms with Gasteiger partial charge >= 0.3 is 6.03 Å². The molecule has 26 heavy (non-hydrogen) atoms. The van der Waals surface area contributed by atoms with Crippen LogP contribution in [0.2, 0.25) is 0 Å². The van der Waals surface area contributed by atoms with Crippen LogP contribution in [0.25, 0.3) is 0 Å². The summed E-state index contributed by atoms with van der Waals surface area (Å²) in [6, 6.07) is 5.76. The Balaban J connectivity index is 1.99. The number of benzene rings is 1. The lowest BCUT2D eigenvalue weighted by Gasteiger charge is -2.12. The van der Waals surface area contributed by atoms with E-state index in [9.17, 15) is 13.2 Å². The third-order valence-electron chi connectivity index (χ3n) is 4.19. The molecule has 8 nitrogen and oxygen atoms in total.